The average molecular weight is 280 g/mol. The second kappa shape index (κ2) is 6.03. The fraction of sp³-hybridized carbons (Fsp3) is 0.643. The van der Waals surface area contributed by atoms with E-state index < -0.39 is 0 Å². The summed E-state index contributed by atoms with van der Waals surface area (Å²) in [5, 5.41) is 7.41. The third kappa shape index (κ3) is 2.99. The Bertz CT molecular complexity index is 415. The largest absolute Gasteiger partial charge is 0.376 e. The summed E-state index contributed by atoms with van der Waals surface area (Å²) in [6.07, 6.45) is 5.38. The number of thiophene rings is 1. The van der Waals surface area contributed by atoms with Crippen molar-refractivity contribution in [2.75, 3.05) is 19.7 Å². The molecule has 0 spiro atoms. The summed E-state index contributed by atoms with van der Waals surface area (Å²) in [6.45, 7) is 1.77. The smallest absolute Gasteiger partial charge is 0.238 e. The number of hydrogen-bond donors (Lipinski definition) is 1. The van der Waals surface area contributed by atoms with Gasteiger partial charge in [-0.25, -0.2) is 0 Å². The molecular formula is C14H20N2O2S. The highest BCUT2D eigenvalue weighted by molar-refractivity contribution is 7.07. The van der Waals surface area contributed by atoms with Crippen LogP contribution in [-0.4, -0.2) is 36.6 Å². The molecule has 1 aromatic heterocycles. The molecule has 5 heteroatoms. The van der Waals surface area contributed by atoms with Crippen LogP contribution < -0.4 is 5.32 Å². The Morgan fingerprint density at radius 1 is 1.42 bits per heavy atom. The highest BCUT2D eigenvalue weighted by atomic mass is 32.1. The first-order valence-corrected chi connectivity index (χ1v) is 7.95. The van der Waals surface area contributed by atoms with Crippen LogP contribution >= 0.6 is 11.3 Å². The standard InChI is InChI=1S/C14H20N2O2S/c17-13-9-15-14(11-5-8-19-10-11)16(13)6-7-18-12-3-1-2-4-12/h5,8,10,12,14-15H,1-4,6-7,9H2. The number of carbonyl (C=O) groups excluding carboxylic acids is 1. The van der Waals surface area contributed by atoms with Gasteiger partial charge in [-0.1, -0.05) is 12.8 Å². The number of ether oxygens (including phenoxy) is 1. The summed E-state index contributed by atoms with van der Waals surface area (Å²) in [6, 6.07) is 2.08. The van der Waals surface area contributed by atoms with E-state index in [2.05, 4.69) is 16.8 Å². The van der Waals surface area contributed by atoms with Crippen LogP contribution in [0, 0.1) is 0 Å². The molecule has 1 aliphatic carbocycles. The molecule has 2 aliphatic rings. The van der Waals surface area contributed by atoms with Crippen molar-refractivity contribution in [3.63, 3.8) is 0 Å². The zero-order valence-corrected chi connectivity index (χ0v) is 11.8. The maximum absolute atomic E-state index is 11.9. The van der Waals surface area contributed by atoms with Crippen molar-refractivity contribution in [2.45, 2.75) is 38.0 Å². The zero-order valence-electron chi connectivity index (χ0n) is 11.0. The monoisotopic (exact) mass is 280 g/mol. The molecule has 1 aromatic rings. The summed E-state index contributed by atoms with van der Waals surface area (Å²) in [4.78, 5) is 13.8. The van der Waals surface area contributed by atoms with Gasteiger partial charge in [0.2, 0.25) is 5.91 Å². The summed E-state index contributed by atoms with van der Waals surface area (Å²) in [5.74, 6) is 0.172. The Hall–Kier alpha value is -0.910. The van der Waals surface area contributed by atoms with Gasteiger partial charge in [0.1, 0.15) is 6.17 Å². The van der Waals surface area contributed by atoms with Gasteiger partial charge < -0.3 is 9.64 Å². The Balaban J connectivity index is 1.53. The van der Waals surface area contributed by atoms with Crippen molar-refractivity contribution in [3.8, 4) is 0 Å². The normalized spacial score (nSPS) is 24.5. The van der Waals surface area contributed by atoms with Gasteiger partial charge in [0, 0.05) is 6.54 Å². The highest BCUT2D eigenvalue weighted by Crippen LogP contribution is 2.25. The van der Waals surface area contributed by atoms with Gasteiger partial charge >= 0.3 is 0 Å². The van der Waals surface area contributed by atoms with Crippen molar-refractivity contribution < 1.29 is 9.53 Å². The molecule has 1 saturated carbocycles. The molecule has 1 unspecified atom stereocenters. The molecule has 1 saturated heterocycles. The Morgan fingerprint density at radius 2 is 2.26 bits per heavy atom. The predicted molar refractivity (Wildman–Crippen MR) is 75.0 cm³/mol. The number of rotatable bonds is 5. The molecule has 4 nitrogen and oxygen atoms in total. The third-order valence-corrected chi connectivity index (χ3v) is 4.63. The van der Waals surface area contributed by atoms with Gasteiger partial charge in [0.15, 0.2) is 0 Å². The summed E-state index contributed by atoms with van der Waals surface area (Å²) in [7, 11) is 0. The molecule has 19 heavy (non-hydrogen) atoms. The SMILES string of the molecule is O=C1CNC(c2ccsc2)N1CCOC1CCCC1. The van der Waals surface area contributed by atoms with E-state index in [1.807, 2.05) is 10.3 Å². The number of hydrogen-bond acceptors (Lipinski definition) is 4. The van der Waals surface area contributed by atoms with E-state index in [1.165, 1.54) is 31.2 Å². The Morgan fingerprint density at radius 3 is 3.00 bits per heavy atom. The molecule has 1 amide bonds. The summed E-state index contributed by atoms with van der Waals surface area (Å²) >= 11 is 1.66. The fourth-order valence-corrected chi connectivity index (χ4v) is 3.57. The van der Waals surface area contributed by atoms with Gasteiger partial charge in [-0.3, -0.25) is 10.1 Å². The van der Waals surface area contributed by atoms with Crippen LogP contribution in [0.3, 0.4) is 0 Å². The van der Waals surface area contributed by atoms with Crippen molar-refractivity contribution in [3.05, 3.63) is 22.4 Å². The molecule has 1 aliphatic heterocycles. The van der Waals surface area contributed by atoms with Gasteiger partial charge in [0.05, 0.1) is 19.3 Å². The van der Waals surface area contributed by atoms with Crippen LogP contribution in [0.5, 0.6) is 0 Å². The number of nitrogens with one attached hydrogen (secondary N) is 1. The summed E-state index contributed by atoms with van der Waals surface area (Å²) < 4.78 is 5.86. The average Bonchev–Trinajstić information content (AvgIpc) is 3.12. The van der Waals surface area contributed by atoms with E-state index >= 15 is 0 Å². The summed E-state index contributed by atoms with van der Waals surface area (Å²) in [5.41, 5.74) is 1.18. The number of carbonyl (C=O) groups is 1. The first-order valence-electron chi connectivity index (χ1n) is 7.01. The van der Waals surface area contributed by atoms with Gasteiger partial charge in [-0.15, -0.1) is 0 Å². The van der Waals surface area contributed by atoms with Crippen molar-refractivity contribution >= 4 is 17.2 Å². The van der Waals surface area contributed by atoms with E-state index in [1.54, 1.807) is 11.3 Å². The minimum atomic E-state index is 0.0333. The van der Waals surface area contributed by atoms with Crippen LogP contribution in [-0.2, 0) is 9.53 Å². The molecule has 1 atom stereocenters. The van der Waals surface area contributed by atoms with E-state index in [0.29, 0.717) is 25.8 Å². The van der Waals surface area contributed by atoms with Crippen molar-refractivity contribution in [2.24, 2.45) is 0 Å². The predicted octanol–water partition coefficient (Wildman–Crippen LogP) is 2.14. The zero-order chi connectivity index (χ0) is 13.1. The lowest BCUT2D eigenvalue weighted by atomic mass is 10.2. The molecule has 1 N–H and O–H groups in total. The number of amides is 1. The topological polar surface area (TPSA) is 41.6 Å². The van der Waals surface area contributed by atoms with Gasteiger partial charge in [-0.2, -0.15) is 11.3 Å². The van der Waals surface area contributed by atoms with Crippen LogP contribution in [0.15, 0.2) is 16.8 Å². The first kappa shape index (κ1) is 13.1. The Kier molecular flexibility index (Phi) is 4.15. The van der Waals surface area contributed by atoms with E-state index in [-0.39, 0.29) is 12.1 Å². The van der Waals surface area contributed by atoms with E-state index in [0.717, 1.165) is 0 Å². The quantitative estimate of drug-likeness (QED) is 0.898. The molecular weight excluding hydrogens is 260 g/mol. The molecule has 3 rings (SSSR count). The van der Waals surface area contributed by atoms with Gasteiger partial charge in [0.25, 0.3) is 0 Å². The minimum absolute atomic E-state index is 0.0333. The molecule has 0 aromatic carbocycles. The molecule has 0 radical (unpaired) electrons. The van der Waals surface area contributed by atoms with Crippen molar-refractivity contribution in [1.29, 1.82) is 0 Å². The van der Waals surface area contributed by atoms with Gasteiger partial charge in [-0.05, 0) is 35.2 Å². The lowest BCUT2D eigenvalue weighted by Crippen LogP contribution is -2.33. The lowest BCUT2D eigenvalue weighted by Gasteiger charge is -2.24. The molecule has 2 fully saturated rings. The second-order valence-electron chi connectivity index (χ2n) is 5.20. The van der Waals surface area contributed by atoms with Crippen LogP contribution in [0.25, 0.3) is 0 Å². The third-order valence-electron chi connectivity index (χ3n) is 3.93. The minimum Gasteiger partial charge on any atom is -0.376 e. The van der Waals surface area contributed by atoms with Crippen molar-refractivity contribution in [1.82, 2.24) is 10.2 Å². The maximum atomic E-state index is 11.9. The second-order valence-corrected chi connectivity index (χ2v) is 5.98. The fourth-order valence-electron chi connectivity index (χ4n) is 2.89. The first-order chi connectivity index (χ1) is 9.34. The molecule has 104 valence electrons. The van der Waals surface area contributed by atoms with E-state index in [4.69, 9.17) is 4.74 Å². The van der Waals surface area contributed by atoms with E-state index in [9.17, 15) is 4.79 Å². The van der Waals surface area contributed by atoms with Crippen LogP contribution in [0.4, 0.5) is 0 Å². The number of nitrogens with zero attached hydrogens (tertiary/aromatic N) is 1. The Labute approximate surface area is 117 Å². The lowest BCUT2D eigenvalue weighted by molar-refractivity contribution is -0.129. The molecule has 0 bridgehead atoms. The van der Waals surface area contributed by atoms with Crippen LogP contribution in [0.1, 0.15) is 37.4 Å². The van der Waals surface area contributed by atoms with Crippen LogP contribution in [0.2, 0.25) is 0 Å². The maximum Gasteiger partial charge on any atom is 0.238 e. The highest BCUT2D eigenvalue weighted by Gasteiger charge is 2.31. The molecule has 2 heterocycles.